The van der Waals surface area contributed by atoms with Gasteiger partial charge in [-0.15, -0.1) is 10.2 Å². The zero-order chi connectivity index (χ0) is 22.6. The van der Waals surface area contributed by atoms with Gasteiger partial charge in [0.1, 0.15) is 23.6 Å². The summed E-state index contributed by atoms with van der Waals surface area (Å²) in [6, 6.07) is 3.80. The summed E-state index contributed by atoms with van der Waals surface area (Å²) in [6.45, 7) is -0.860. The molecule has 1 fully saturated rings. The summed E-state index contributed by atoms with van der Waals surface area (Å²) < 4.78 is 56.3. The third-order valence-corrected chi connectivity index (χ3v) is 5.27. The third-order valence-electron chi connectivity index (χ3n) is 5.27. The second-order valence-corrected chi connectivity index (χ2v) is 7.70. The fourth-order valence-electron chi connectivity index (χ4n) is 3.86. The molecule has 1 atom stereocenters. The molecule has 168 valence electrons. The average Bonchev–Trinajstić information content (AvgIpc) is 3.37. The van der Waals surface area contributed by atoms with Crippen LogP contribution in [0.3, 0.4) is 0 Å². The lowest BCUT2D eigenvalue weighted by Crippen LogP contribution is -2.38. The number of likely N-dealkylation sites (N-methyl/N-ethyl adjacent to an activating group) is 1. The summed E-state index contributed by atoms with van der Waals surface area (Å²) in [5.41, 5.74) is 8.09. The van der Waals surface area contributed by atoms with Gasteiger partial charge in [-0.05, 0) is 25.2 Å². The van der Waals surface area contributed by atoms with Crippen molar-refractivity contribution in [3.05, 3.63) is 24.4 Å². The van der Waals surface area contributed by atoms with Gasteiger partial charge in [0.25, 0.3) is 12.3 Å². The quantitative estimate of drug-likeness (QED) is 0.442. The largest absolute Gasteiger partial charge is 0.382 e. The van der Waals surface area contributed by atoms with Gasteiger partial charge in [-0.2, -0.15) is 4.98 Å². The van der Waals surface area contributed by atoms with Crippen molar-refractivity contribution >= 4 is 28.4 Å². The van der Waals surface area contributed by atoms with E-state index in [-0.39, 0.29) is 30.5 Å². The summed E-state index contributed by atoms with van der Waals surface area (Å²) in [4.78, 5) is 10.1. The molecule has 1 aliphatic heterocycles. The minimum atomic E-state index is -2.93. The molecule has 10 nitrogen and oxygen atoms in total. The first-order valence-electron chi connectivity index (χ1n) is 9.68. The maximum absolute atomic E-state index is 14.1. The summed E-state index contributed by atoms with van der Waals surface area (Å²) in [6.07, 6.45) is -1.02. The molecule has 0 aliphatic carbocycles. The molecule has 4 aromatic heterocycles. The number of anilines is 2. The van der Waals surface area contributed by atoms with Crippen molar-refractivity contribution in [1.29, 1.82) is 0 Å². The van der Waals surface area contributed by atoms with Gasteiger partial charge < -0.3 is 11.1 Å². The molecule has 1 aliphatic rings. The number of nitrogens with zero attached hydrogens (tertiary/aromatic N) is 8. The van der Waals surface area contributed by atoms with Gasteiger partial charge in [0, 0.05) is 18.3 Å². The van der Waals surface area contributed by atoms with Crippen LogP contribution in [-0.4, -0.2) is 78.0 Å². The zero-order valence-electron chi connectivity index (χ0n) is 16.8. The average molecular weight is 450 g/mol. The molecule has 4 aromatic rings. The van der Waals surface area contributed by atoms with E-state index in [0.29, 0.717) is 22.3 Å². The molecule has 32 heavy (non-hydrogen) atoms. The number of likely N-dealkylation sites (tertiary alicyclic amines) is 1. The van der Waals surface area contributed by atoms with E-state index in [4.69, 9.17) is 5.73 Å². The fourth-order valence-corrected chi connectivity index (χ4v) is 3.86. The van der Waals surface area contributed by atoms with Crippen molar-refractivity contribution in [3.8, 4) is 11.3 Å². The molecule has 5 heterocycles. The van der Waals surface area contributed by atoms with Crippen LogP contribution in [0.25, 0.3) is 27.9 Å². The number of hydrogen-bond donors (Lipinski definition) is 2. The molecule has 3 N–H and O–H groups in total. The van der Waals surface area contributed by atoms with E-state index >= 15 is 0 Å². The van der Waals surface area contributed by atoms with E-state index in [1.165, 1.54) is 9.42 Å². The van der Waals surface area contributed by atoms with E-state index in [1.54, 1.807) is 31.4 Å². The number of alkyl halides is 4. The topological polar surface area (TPSA) is 115 Å². The van der Waals surface area contributed by atoms with Gasteiger partial charge in [-0.1, -0.05) is 5.21 Å². The molecular formula is C18H18F4N10. The molecule has 0 spiro atoms. The van der Waals surface area contributed by atoms with Crippen LogP contribution in [-0.2, 0) is 6.54 Å². The Morgan fingerprint density at radius 3 is 2.78 bits per heavy atom. The van der Waals surface area contributed by atoms with Crippen LogP contribution in [0.5, 0.6) is 0 Å². The minimum Gasteiger partial charge on any atom is -0.382 e. The Hall–Kier alpha value is -3.55. The highest BCUT2D eigenvalue weighted by Gasteiger charge is 2.47. The number of fused-ring (bicyclic) bond motifs is 2. The summed E-state index contributed by atoms with van der Waals surface area (Å²) >= 11 is 0. The number of halogens is 4. The first kappa shape index (κ1) is 20.4. The Balaban J connectivity index is 1.51. The van der Waals surface area contributed by atoms with E-state index in [2.05, 4.69) is 30.7 Å². The van der Waals surface area contributed by atoms with Crippen LogP contribution < -0.4 is 11.1 Å². The molecular weight excluding hydrogens is 432 g/mol. The maximum atomic E-state index is 14.1. The molecule has 1 saturated heterocycles. The zero-order valence-corrected chi connectivity index (χ0v) is 16.8. The number of nitrogens with two attached hydrogens (primary N) is 1. The van der Waals surface area contributed by atoms with Crippen molar-refractivity contribution in [3.63, 3.8) is 0 Å². The second-order valence-electron chi connectivity index (χ2n) is 7.70. The second kappa shape index (κ2) is 7.25. The van der Waals surface area contributed by atoms with Gasteiger partial charge in [0.05, 0.1) is 12.2 Å². The first-order chi connectivity index (χ1) is 15.2. The molecule has 0 unspecified atom stereocenters. The van der Waals surface area contributed by atoms with Crippen LogP contribution in [0.15, 0.2) is 24.4 Å². The highest BCUT2D eigenvalue weighted by atomic mass is 19.3. The van der Waals surface area contributed by atoms with Gasteiger partial charge in [-0.25, -0.2) is 31.7 Å². The van der Waals surface area contributed by atoms with Crippen LogP contribution in [0.4, 0.5) is 29.3 Å². The summed E-state index contributed by atoms with van der Waals surface area (Å²) in [5.74, 6) is -2.91. The number of nitrogen functional groups attached to an aromatic ring is 1. The van der Waals surface area contributed by atoms with Crippen molar-refractivity contribution in [1.82, 2.24) is 39.5 Å². The normalized spacial score (nSPS) is 18.9. The molecule has 0 bridgehead atoms. The Labute approximate surface area is 178 Å². The molecule has 0 radical (unpaired) electrons. The number of pyridine rings is 1. The van der Waals surface area contributed by atoms with Gasteiger partial charge in [-0.3, -0.25) is 4.90 Å². The number of rotatable bonds is 5. The van der Waals surface area contributed by atoms with Crippen LogP contribution in [0, 0.1) is 0 Å². The van der Waals surface area contributed by atoms with Gasteiger partial charge in [0.2, 0.25) is 5.95 Å². The van der Waals surface area contributed by atoms with E-state index < -0.39 is 24.9 Å². The van der Waals surface area contributed by atoms with Crippen molar-refractivity contribution in [2.24, 2.45) is 0 Å². The molecule has 5 rings (SSSR count). The number of nitrogens with one attached hydrogen (secondary N) is 1. The smallest absolute Gasteiger partial charge is 0.281 e. The fraction of sp³-hybridized carbons (Fsp3) is 0.389. The number of hydrogen-bond acceptors (Lipinski definition) is 8. The monoisotopic (exact) mass is 450 g/mol. The highest BCUT2D eigenvalue weighted by Crippen LogP contribution is 2.31. The molecule has 0 aromatic carbocycles. The standard InChI is InChI=1S/C18H18F4N10/c1-30-6-12(18(21,22)8-30)25-17-26-15(23)14-9(4-5-31(14)28-17)10-2-3-11-16(24-10)32(29-27-11)7-13(19)20/h2-5,12-13H,6-8H2,1H3,(H3,23,25,26,28)/t12-/m1/s1. The number of aromatic nitrogens is 7. The van der Waals surface area contributed by atoms with Crippen molar-refractivity contribution in [2.45, 2.75) is 24.9 Å². The molecule has 0 amide bonds. The van der Waals surface area contributed by atoms with Gasteiger partial charge in [0.15, 0.2) is 11.5 Å². The van der Waals surface area contributed by atoms with Crippen molar-refractivity contribution < 1.29 is 17.6 Å². The van der Waals surface area contributed by atoms with E-state index in [9.17, 15) is 17.6 Å². The maximum Gasteiger partial charge on any atom is 0.281 e. The Kier molecular flexibility index (Phi) is 4.62. The molecule has 14 heteroatoms. The van der Waals surface area contributed by atoms with Crippen LogP contribution in [0.1, 0.15) is 0 Å². The Bertz CT molecular complexity index is 1300. The first-order valence-corrected chi connectivity index (χ1v) is 9.68. The Morgan fingerprint density at radius 1 is 1.25 bits per heavy atom. The van der Waals surface area contributed by atoms with Crippen LogP contribution in [0.2, 0.25) is 0 Å². The predicted molar refractivity (Wildman–Crippen MR) is 108 cm³/mol. The minimum absolute atomic E-state index is 0.0280. The lowest BCUT2D eigenvalue weighted by atomic mass is 10.2. The predicted octanol–water partition coefficient (Wildman–Crippen LogP) is 1.74. The van der Waals surface area contributed by atoms with Gasteiger partial charge >= 0.3 is 0 Å². The van der Waals surface area contributed by atoms with E-state index in [1.807, 2.05) is 0 Å². The SMILES string of the molecule is CN1C[C@@H](Nc2nc(N)c3c(-c4ccc5nnn(CC(F)F)c5n4)ccn3n2)C(F)(F)C1. The van der Waals surface area contributed by atoms with E-state index in [0.717, 1.165) is 4.68 Å². The Morgan fingerprint density at radius 2 is 2.06 bits per heavy atom. The highest BCUT2D eigenvalue weighted by molar-refractivity contribution is 5.88. The van der Waals surface area contributed by atoms with Crippen molar-refractivity contribution in [2.75, 3.05) is 31.2 Å². The van der Waals surface area contributed by atoms with Crippen LogP contribution >= 0.6 is 0 Å². The summed E-state index contributed by atoms with van der Waals surface area (Å²) in [7, 11) is 1.61. The summed E-state index contributed by atoms with van der Waals surface area (Å²) in [5, 5.41) is 14.5. The third kappa shape index (κ3) is 3.45. The molecule has 0 saturated carbocycles. The lowest BCUT2D eigenvalue weighted by molar-refractivity contribution is 0.00584. The lowest BCUT2D eigenvalue weighted by Gasteiger charge is -2.19.